The zero-order valence-corrected chi connectivity index (χ0v) is 12.0. The standard InChI is InChI=1S/C16H14F2N2S/c17-12-3-1-2-10(6-12)7-14(20-19)16-9-11-8-13(18)4-5-15(11)21-16/h1-6,8-9,14,20H,7,19H2. The van der Waals surface area contributed by atoms with Gasteiger partial charge in [0.25, 0.3) is 0 Å². The van der Waals surface area contributed by atoms with Crippen molar-refractivity contribution in [2.24, 2.45) is 5.84 Å². The monoisotopic (exact) mass is 304 g/mol. The summed E-state index contributed by atoms with van der Waals surface area (Å²) in [7, 11) is 0. The Kier molecular flexibility index (Phi) is 3.96. The Labute approximate surface area is 125 Å². The number of hydrogen-bond donors (Lipinski definition) is 2. The molecule has 108 valence electrons. The molecular weight excluding hydrogens is 290 g/mol. The van der Waals surface area contributed by atoms with E-state index in [-0.39, 0.29) is 17.7 Å². The molecule has 0 aliphatic rings. The van der Waals surface area contributed by atoms with Gasteiger partial charge >= 0.3 is 0 Å². The SMILES string of the molecule is NNC(Cc1cccc(F)c1)c1cc2cc(F)ccc2s1. The van der Waals surface area contributed by atoms with Gasteiger partial charge < -0.3 is 0 Å². The number of rotatable bonds is 4. The molecule has 3 N–H and O–H groups in total. The Morgan fingerprint density at radius 3 is 2.62 bits per heavy atom. The van der Waals surface area contributed by atoms with E-state index in [1.807, 2.05) is 12.1 Å². The molecule has 2 nitrogen and oxygen atoms in total. The average molecular weight is 304 g/mol. The predicted octanol–water partition coefficient (Wildman–Crippen LogP) is 3.93. The molecule has 1 unspecified atom stereocenters. The summed E-state index contributed by atoms with van der Waals surface area (Å²) in [5, 5.41) is 0.856. The molecule has 5 heteroatoms. The Morgan fingerprint density at radius 1 is 1.05 bits per heavy atom. The Balaban J connectivity index is 1.90. The lowest BCUT2D eigenvalue weighted by Gasteiger charge is -2.14. The average Bonchev–Trinajstić information content (AvgIpc) is 2.87. The first-order chi connectivity index (χ1) is 10.2. The summed E-state index contributed by atoms with van der Waals surface area (Å²) >= 11 is 1.56. The van der Waals surface area contributed by atoms with Crippen LogP contribution in [0.5, 0.6) is 0 Å². The summed E-state index contributed by atoms with van der Waals surface area (Å²) in [5.41, 5.74) is 3.62. The van der Waals surface area contributed by atoms with Gasteiger partial charge in [-0.2, -0.15) is 0 Å². The smallest absolute Gasteiger partial charge is 0.123 e. The van der Waals surface area contributed by atoms with Crippen molar-refractivity contribution in [1.29, 1.82) is 0 Å². The summed E-state index contributed by atoms with van der Waals surface area (Å²) in [4.78, 5) is 1.00. The van der Waals surface area contributed by atoms with Gasteiger partial charge in [-0.1, -0.05) is 12.1 Å². The van der Waals surface area contributed by atoms with Gasteiger partial charge in [0.05, 0.1) is 6.04 Å². The van der Waals surface area contributed by atoms with E-state index in [4.69, 9.17) is 5.84 Å². The van der Waals surface area contributed by atoms with Crippen molar-refractivity contribution in [2.45, 2.75) is 12.5 Å². The summed E-state index contributed by atoms with van der Waals surface area (Å²) in [5.74, 6) is 5.11. The summed E-state index contributed by atoms with van der Waals surface area (Å²) in [6.07, 6.45) is 0.573. The van der Waals surface area contributed by atoms with E-state index < -0.39 is 0 Å². The second-order valence-corrected chi connectivity index (χ2v) is 6.00. The van der Waals surface area contributed by atoms with Gasteiger partial charge in [0.1, 0.15) is 11.6 Å². The maximum absolute atomic E-state index is 13.2. The van der Waals surface area contributed by atoms with Gasteiger partial charge in [0.15, 0.2) is 0 Å². The van der Waals surface area contributed by atoms with Crippen molar-refractivity contribution in [2.75, 3.05) is 0 Å². The van der Waals surface area contributed by atoms with Gasteiger partial charge in [0, 0.05) is 9.58 Å². The second kappa shape index (κ2) is 5.89. The third-order valence-electron chi connectivity index (χ3n) is 3.37. The molecule has 1 aromatic heterocycles. The van der Waals surface area contributed by atoms with Crippen LogP contribution in [-0.2, 0) is 6.42 Å². The van der Waals surface area contributed by atoms with Crippen LogP contribution in [0.15, 0.2) is 48.5 Å². The van der Waals surface area contributed by atoms with Gasteiger partial charge in [-0.05, 0) is 53.8 Å². The second-order valence-electron chi connectivity index (χ2n) is 4.88. The summed E-state index contributed by atoms with van der Waals surface area (Å²) in [6, 6.07) is 13.0. The number of fused-ring (bicyclic) bond motifs is 1. The van der Waals surface area contributed by atoms with Crippen LogP contribution in [0.3, 0.4) is 0 Å². The highest BCUT2D eigenvalue weighted by molar-refractivity contribution is 7.19. The first-order valence-corrected chi connectivity index (χ1v) is 7.37. The summed E-state index contributed by atoms with van der Waals surface area (Å²) < 4.78 is 27.5. The first kappa shape index (κ1) is 14.1. The third kappa shape index (κ3) is 3.10. The fourth-order valence-electron chi connectivity index (χ4n) is 2.35. The van der Waals surface area contributed by atoms with E-state index in [1.54, 1.807) is 23.5 Å². The van der Waals surface area contributed by atoms with Crippen molar-refractivity contribution in [3.8, 4) is 0 Å². The molecule has 0 fully saturated rings. The van der Waals surface area contributed by atoms with Crippen LogP contribution in [0.2, 0.25) is 0 Å². The van der Waals surface area contributed by atoms with E-state index in [0.29, 0.717) is 6.42 Å². The topological polar surface area (TPSA) is 38.0 Å². The number of nitrogens with two attached hydrogens (primary N) is 1. The molecule has 0 amide bonds. The molecule has 0 saturated heterocycles. The molecule has 0 bridgehead atoms. The quantitative estimate of drug-likeness (QED) is 0.566. The maximum Gasteiger partial charge on any atom is 0.123 e. The predicted molar refractivity (Wildman–Crippen MR) is 82.0 cm³/mol. The van der Waals surface area contributed by atoms with Crippen molar-refractivity contribution in [3.05, 3.63) is 70.6 Å². The third-order valence-corrected chi connectivity index (χ3v) is 4.60. The van der Waals surface area contributed by atoms with Crippen molar-refractivity contribution < 1.29 is 8.78 Å². The molecule has 0 spiro atoms. The van der Waals surface area contributed by atoms with Crippen LogP contribution >= 0.6 is 11.3 Å². The molecule has 2 aromatic carbocycles. The van der Waals surface area contributed by atoms with Gasteiger partial charge in [-0.3, -0.25) is 11.3 Å². The molecule has 0 radical (unpaired) electrons. The van der Waals surface area contributed by atoms with Crippen LogP contribution in [0.25, 0.3) is 10.1 Å². The van der Waals surface area contributed by atoms with E-state index in [9.17, 15) is 8.78 Å². The zero-order chi connectivity index (χ0) is 14.8. The fourth-order valence-corrected chi connectivity index (χ4v) is 3.45. The highest BCUT2D eigenvalue weighted by Crippen LogP contribution is 2.31. The van der Waals surface area contributed by atoms with E-state index in [1.165, 1.54) is 24.3 Å². The number of halogens is 2. The van der Waals surface area contributed by atoms with Gasteiger partial charge in [-0.25, -0.2) is 8.78 Å². The highest BCUT2D eigenvalue weighted by atomic mass is 32.1. The molecule has 21 heavy (non-hydrogen) atoms. The molecular formula is C16H14F2N2S. The normalized spacial score (nSPS) is 12.7. The van der Waals surface area contributed by atoms with Gasteiger partial charge in [0.2, 0.25) is 0 Å². The van der Waals surface area contributed by atoms with Crippen molar-refractivity contribution in [1.82, 2.24) is 5.43 Å². The minimum absolute atomic E-state index is 0.132. The summed E-state index contributed by atoms with van der Waals surface area (Å²) in [6.45, 7) is 0. The minimum Gasteiger partial charge on any atom is -0.271 e. The Bertz CT molecular complexity index is 770. The van der Waals surface area contributed by atoms with Crippen molar-refractivity contribution >= 4 is 21.4 Å². The van der Waals surface area contributed by atoms with E-state index >= 15 is 0 Å². The molecule has 0 saturated carbocycles. The number of hydrazine groups is 1. The lowest BCUT2D eigenvalue weighted by molar-refractivity contribution is 0.557. The number of benzene rings is 2. The Hall–Kier alpha value is -1.82. The zero-order valence-electron chi connectivity index (χ0n) is 11.1. The largest absolute Gasteiger partial charge is 0.271 e. The molecule has 3 rings (SSSR count). The molecule has 3 aromatic rings. The van der Waals surface area contributed by atoms with Crippen LogP contribution in [0, 0.1) is 11.6 Å². The highest BCUT2D eigenvalue weighted by Gasteiger charge is 2.14. The lowest BCUT2D eigenvalue weighted by Crippen LogP contribution is -2.28. The van der Waals surface area contributed by atoms with E-state index in [2.05, 4.69) is 5.43 Å². The number of hydrogen-bond acceptors (Lipinski definition) is 3. The number of nitrogens with one attached hydrogen (secondary N) is 1. The molecule has 1 atom stereocenters. The fraction of sp³-hybridized carbons (Fsp3) is 0.125. The molecule has 0 aliphatic carbocycles. The van der Waals surface area contributed by atoms with Crippen LogP contribution < -0.4 is 11.3 Å². The lowest BCUT2D eigenvalue weighted by atomic mass is 10.0. The maximum atomic E-state index is 13.2. The van der Waals surface area contributed by atoms with Crippen LogP contribution in [0.4, 0.5) is 8.78 Å². The molecule has 0 aliphatic heterocycles. The van der Waals surface area contributed by atoms with Crippen molar-refractivity contribution in [3.63, 3.8) is 0 Å². The molecule has 1 heterocycles. The Morgan fingerprint density at radius 2 is 1.86 bits per heavy atom. The van der Waals surface area contributed by atoms with Crippen LogP contribution in [0.1, 0.15) is 16.5 Å². The first-order valence-electron chi connectivity index (χ1n) is 6.55. The van der Waals surface area contributed by atoms with Crippen LogP contribution in [-0.4, -0.2) is 0 Å². The number of thiophene rings is 1. The minimum atomic E-state index is -0.262. The van der Waals surface area contributed by atoms with Gasteiger partial charge in [-0.15, -0.1) is 11.3 Å². The van der Waals surface area contributed by atoms with E-state index in [0.717, 1.165) is 20.5 Å².